The first-order chi connectivity index (χ1) is 8.49. The molecule has 0 spiro atoms. The van der Waals surface area contributed by atoms with Gasteiger partial charge in [-0.3, -0.25) is 0 Å². The van der Waals surface area contributed by atoms with Gasteiger partial charge in [-0.05, 0) is 35.3 Å². The quantitative estimate of drug-likeness (QED) is 0.901. The number of thioether (sulfide) groups is 1. The van der Waals surface area contributed by atoms with Crippen molar-refractivity contribution in [3.8, 4) is 0 Å². The normalized spacial score (nSPS) is 23.0. The number of benzene rings is 1. The Bertz CT molecular complexity index is 420. The number of hydrogen-bond donors (Lipinski definition) is 1. The van der Waals surface area contributed by atoms with Crippen molar-refractivity contribution in [1.82, 2.24) is 5.32 Å². The van der Waals surface area contributed by atoms with Gasteiger partial charge < -0.3 is 5.32 Å². The van der Waals surface area contributed by atoms with Crippen molar-refractivity contribution in [2.24, 2.45) is 5.41 Å². The fourth-order valence-electron chi connectivity index (χ4n) is 2.16. The summed E-state index contributed by atoms with van der Waals surface area (Å²) < 4.78 is 25.9. The van der Waals surface area contributed by atoms with Crippen LogP contribution in [0.3, 0.4) is 0 Å². The van der Waals surface area contributed by atoms with E-state index >= 15 is 0 Å². The monoisotopic (exact) mass is 271 g/mol. The van der Waals surface area contributed by atoms with Crippen LogP contribution in [0.2, 0.25) is 0 Å². The van der Waals surface area contributed by atoms with E-state index in [9.17, 15) is 8.78 Å². The van der Waals surface area contributed by atoms with Gasteiger partial charge in [0.05, 0.1) is 0 Å². The fraction of sp³-hybridized carbons (Fsp3) is 0.571. The SMILES string of the molecule is CC1(C)CCSCC1NCc1ccc(F)c(F)c1. The number of nitrogens with one attached hydrogen (secondary N) is 1. The van der Waals surface area contributed by atoms with Crippen LogP contribution in [-0.4, -0.2) is 17.5 Å². The van der Waals surface area contributed by atoms with Crippen LogP contribution in [-0.2, 0) is 6.54 Å². The van der Waals surface area contributed by atoms with E-state index in [1.807, 2.05) is 11.8 Å². The third kappa shape index (κ3) is 3.23. The minimum atomic E-state index is -0.785. The smallest absolute Gasteiger partial charge is 0.159 e. The first-order valence-electron chi connectivity index (χ1n) is 6.24. The van der Waals surface area contributed by atoms with Crippen LogP contribution in [0.1, 0.15) is 25.8 Å². The van der Waals surface area contributed by atoms with E-state index in [-0.39, 0.29) is 5.41 Å². The summed E-state index contributed by atoms with van der Waals surface area (Å²) in [6.45, 7) is 5.11. The molecule has 1 nitrogen and oxygen atoms in total. The predicted molar refractivity (Wildman–Crippen MR) is 72.7 cm³/mol. The summed E-state index contributed by atoms with van der Waals surface area (Å²) in [7, 11) is 0. The average Bonchev–Trinajstić information content (AvgIpc) is 2.31. The summed E-state index contributed by atoms with van der Waals surface area (Å²) in [5.41, 5.74) is 1.06. The van der Waals surface area contributed by atoms with Crippen LogP contribution < -0.4 is 5.32 Å². The van der Waals surface area contributed by atoms with Crippen molar-refractivity contribution in [3.63, 3.8) is 0 Å². The lowest BCUT2D eigenvalue weighted by Gasteiger charge is -2.39. The molecule has 1 aliphatic rings. The van der Waals surface area contributed by atoms with E-state index in [2.05, 4.69) is 19.2 Å². The van der Waals surface area contributed by atoms with E-state index in [4.69, 9.17) is 0 Å². The average molecular weight is 271 g/mol. The topological polar surface area (TPSA) is 12.0 Å². The zero-order chi connectivity index (χ0) is 13.2. The molecule has 18 heavy (non-hydrogen) atoms. The molecule has 1 aliphatic heterocycles. The van der Waals surface area contributed by atoms with Gasteiger partial charge in [0.1, 0.15) is 0 Å². The van der Waals surface area contributed by atoms with Gasteiger partial charge in [-0.1, -0.05) is 19.9 Å². The van der Waals surface area contributed by atoms with Gasteiger partial charge in [0, 0.05) is 18.3 Å². The Morgan fingerprint density at radius 3 is 2.78 bits per heavy atom. The third-order valence-corrected chi connectivity index (χ3v) is 4.72. The Balaban J connectivity index is 1.96. The molecule has 0 saturated carbocycles. The molecule has 0 aliphatic carbocycles. The van der Waals surface area contributed by atoms with Crippen molar-refractivity contribution in [1.29, 1.82) is 0 Å². The summed E-state index contributed by atoms with van der Waals surface area (Å²) in [5, 5.41) is 3.46. The molecule has 4 heteroatoms. The Kier molecular flexibility index (Phi) is 4.28. The van der Waals surface area contributed by atoms with Gasteiger partial charge in [-0.25, -0.2) is 8.78 Å². The highest BCUT2D eigenvalue weighted by molar-refractivity contribution is 7.99. The Morgan fingerprint density at radius 2 is 2.11 bits per heavy atom. The number of rotatable bonds is 3. The van der Waals surface area contributed by atoms with Crippen LogP contribution in [0, 0.1) is 17.0 Å². The molecule has 1 aromatic rings. The number of hydrogen-bond acceptors (Lipinski definition) is 2. The van der Waals surface area contributed by atoms with Crippen molar-refractivity contribution in [3.05, 3.63) is 35.4 Å². The van der Waals surface area contributed by atoms with E-state index in [1.54, 1.807) is 6.07 Å². The number of halogens is 2. The molecule has 0 radical (unpaired) electrons. The van der Waals surface area contributed by atoms with Gasteiger partial charge in [0.2, 0.25) is 0 Å². The molecule has 0 amide bonds. The minimum absolute atomic E-state index is 0.268. The highest BCUT2D eigenvalue weighted by atomic mass is 32.2. The Morgan fingerprint density at radius 1 is 1.33 bits per heavy atom. The summed E-state index contributed by atoms with van der Waals surface area (Å²) in [6, 6.07) is 4.51. The summed E-state index contributed by atoms with van der Waals surface area (Å²) in [4.78, 5) is 0. The highest BCUT2D eigenvalue weighted by Gasteiger charge is 2.31. The molecular formula is C14H19F2NS. The first kappa shape index (κ1) is 13.8. The Labute approximate surface area is 111 Å². The van der Waals surface area contributed by atoms with Crippen LogP contribution in [0.15, 0.2) is 18.2 Å². The van der Waals surface area contributed by atoms with E-state index in [0.717, 1.165) is 11.3 Å². The first-order valence-corrected chi connectivity index (χ1v) is 7.39. The van der Waals surface area contributed by atoms with Crippen molar-refractivity contribution >= 4 is 11.8 Å². The second-order valence-electron chi connectivity index (χ2n) is 5.50. The summed E-state index contributed by atoms with van der Waals surface area (Å²) >= 11 is 1.95. The second kappa shape index (κ2) is 5.57. The molecule has 1 atom stereocenters. The summed E-state index contributed by atoms with van der Waals surface area (Å²) in [5.74, 6) is 0.728. The molecule has 1 aromatic carbocycles. The highest BCUT2D eigenvalue weighted by Crippen LogP contribution is 2.34. The predicted octanol–water partition coefficient (Wildman–Crippen LogP) is 3.59. The van der Waals surface area contributed by atoms with Gasteiger partial charge in [-0.15, -0.1) is 0 Å². The lowest BCUT2D eigenvalue weighted by molar-refractivity contribution is 0.245. The van der Waals surface area contributed by atoms with E-state index in [0.29, 0.717) is 12.6 Å². The zero-order valence-corrected chi connectivity index (χ0v) is 11.6. The van der Waals surface area contributed by atoms with E-state index in [1.165, 1.54) is 24.3 Å². The molecule has 0 bridgehead atoms. The van der Waals surface area contributed by atoms with Crippen LogP contribution in [0.25, 0.3) is 0 Å². The standard InChI is InChI=1S/C14H19F2NS/c1-14(2)5-6-18-9-13(14)17-8-10-3-4-11(15)12(16)7-10/h3-4,7,13,17H,5-6,8-9H2,1-2H3. The van der Waals surface area contributed by atoms with Crippen molar-refractivity contribution < 1.29 is 8.78 Å². The van der Waals surface area contributed by atoms with Crippen LogP contribution >= 0.6 is 11.8 Å². The third-order valence-electron chi connectivity index (χ3n) is 3.66. The molecule has 0 aromatic heterocycles. The maximum Gasteiger partial charge on any atom is 0.159 e. The lowest BCUT2D eigenvalue weighted by Crippen LogP contribution is -2.46. The molecule has 1 fully saturated rings. The van der Waals surface area contributed by atoms with E-state index < -0.39 is 11.6 Å². The van der Waals surface area contributed by atoms with Crippen LogP contribution in [0.4, 0.5) is 8.78 Å². The molecule has 100 valence electrons. The lowest BCUT2D eigenvalue weighted by atomic mass is 9.82. The summed E-state index contributed by atoms with van der Waals surface area (Å²) in [6.07, 6.45) is 1.19. The molecule has 1 saturated heterocycles. The molecule has 1 unspecified atom stereocenters. The van der Waals surface area contributed by atoms with Crippen LogP contribution in [0.5, 0.6) is 0 Å². The molecule has 1 N–H and O–H groups in total. The van der Waals surface area contributed by atoms with Crippen molar-refractivity contribution in [2.45, 2.75) is 32.9 Å². The Hall–Kier alpha value is -0.610. The second-order valence-corrected chi connectivity index (χ2v) is 6.65. The van der Waals surface area contributed by atoms with Gasteiger partial charge in [0.25, 0.3) is 0 Å². The molecule has 1 heterocycles. The van der Waals surface area contributed by atoms with Gasteiger partial charge >= 0.3 is 0 Å². The minimum Gasteiger partial charge on any atom is -0.309 e. The van der Waals surface area contributed by atoms with Gasteiger partial charge in [0.15, 0.2) is 11.6 Å². The maximum atomic E-state index is 13.1. The fourth-order valence-corrected chi connectivity index (χ4v) is 3.80. The molecular weight excluding hydrogens is 252 g/mol. The largest absolute Gasteiger partial charge is 0.309 e. The zero-order valence-electron chi connectivity index (χ0n) is 10.8. The molecule has 2 rings (SSSR count). The van der Waals surface area contributed by atoms with Gasteiger partial charge in [-0.2, -0.15) is 11.8 Å². The maximum absolute atomic E-state index is 13.1. The van der Waals surface area contributed by atoms with Crippen molar-refractivity contribution in [2.75, 3.05) is 11.5 Å².